The van der Waals surface area contributed by atoms with Crippen molar-refractivity contribution in [2.45, 2.75) is 26.3 Å². The summed E-state index contributed by atoms with van der Waals surface area (Å²) in [6.45, 7) is 4.27. The van der Waals surface area contributed by atoms with E-state index >= 15 is 0 Å². The number of phenols is 1. The number of hydrogen-bond acceptors (Lipinski definition) is 6. The number of piperidine rings is 1. The molecule has 3 heterocycles. The lowest BCUT2D eigenvalue weighted by Crippen LogP contribution is -2.39. The summed E-state index contributed by atoms with van der Waals surface area (Å²) in [5.74, 6) is 1.33. The lowest BCUT2D eigenvalue weighted by atomic mass is 9.96. The van der Waals surface area contributed by atoms with Crippen LogP contribution in [0.15, 0.2) is 36.9 Å². The Morgan fingerprint density at radius 2 is 2.11 bits per heavy atom. The molecule has 1 aliphatic rings. The molecule has 2 aromatic heterocycles. The summed E-state index contributed by atoms with van der Waals surface area (Å²) in [5, 5.41) is 21.2. The normalized spacial score (nSPS) is 15.2. The molecule has 3 aromatic rings. The first-order valence-corrected chi connectivity index (χ1v) is 8.95. The number of carbonyl (C=O) groups is 1. The summed E-state index contributed by atoms with van der Waals surface area (Å²) < 4.78 is 3.61. The van der Waals surface area contributed by atoms with E-state index < -0.39 is 0 Å². The molecule has 1 saturated heterocycles. The minimum absolute atomic E-state index is 0.0343. The van der Waals surface area contributed by atoms with E-state index in [1.165, 1.54) is 17.1 Å². The van der Waals surface area contributed by atoms with Crippen molar-refractivity contribution in [2.24, 2.45) is 5.92 Å². The number of carbonyl (C=O) groups excluding carboxylic acids is 1. The fourth-order valence-corrected chi connectivity index (χ4v) is 3.48. The van der Waals surface area contributed by atoms with Gasteiger partial charge in [-0.1, -0.05) is 0 Å². The predicted octanol–water partition coefficient (Wildman–Crippen LogP) is 1.43. The summed E-state index contributed by atoms with van der Waals surface area (Å²) in [6, 6.07) is 4.79. The topological polar surface area (TPSA) is 102 Å². The first-order chi connectivity index (χ1) is 13.1. The van der Waals surface area contributed by atoms with Gasteiger partial charge in [-0.3, -0.25) is 4.79 Å². The summed E-state index contributed by atoms with van der Waals surface area (Å²) in [6.07, 6.45) is 7.11. The number of amides is 1. The van der Waals surface area contributed by atoms with Crippen LogP contribution in [-0.4, -0.2) is 58.8 Å². The van der Waals surface area contributed by atoms with E-state index in [0.29, 0.717) is 24.7 Å². The molecular formula is C18H21N7O2. The van der Waals surface area contributed by atoms with Gasteiger partial charge in [0.1, 0.15) is 17.9 Å². The first-order valence-electron chi connectivity index (χ1n) is 8.95. The molecule has 0 aliphatic carbocycles. The molecule has 0 spiro atoms. The quantitative estimate of drug-likeness (QED) is 0.748. The van der Waals surface area contributed by atoms with Crippen LogP contribution in [0.25, 0.3) is 5.69 Å². The molecule has 1 aliphatic heterocycles. The third-order valence-electron chi connectivity index (χ3n) is 5.10. The monoisotopic (exact) mass is 367 g/mol. The van der Waals surface area contributed by atoms with E-state index in [2.05, 4.69) is 25.1 Å². The number of rotatable bonds is 4. The number of likely N-dealkylation sites (tertiary alicyclic amines) is 1. The lowest BCUT2D eigenvalue weighted by molar-refractivity contribution is 0.0679. The molecule has 1 aromatic carbocycles. The van der Waals surface area contributed by atoms with Crippen LogP contribution in [0.1, 0.15) is 29.0 Å². The predicted molar refractivity (Wildman–Crippen MR) is 96.4 cm³/mol. The van der Waals surface area contributed by atoms with Crippen molar-refractivity contribution in [3.05, 3.63) is 48.3 Å². The Bertz CT molecular complexity index is 927. The molecular weight excluding hydrogens is 346 g/mol. The van der Waals surface area contributed by atoms with Crippen LogP contribution in [0, 0.1) is 12.8 Å². The van der Waals surface area contributed by atoms with E-state index in [1.54, 1.807) is 17.0 Å². The van der Waals surface area contributed by atoms with Gasteiger partial charge < -0.3 is 14.6 Å². The average Bonchev–Trinajstić information content (AvgIpc) is 3.35. The Morgan fingerprint density at radius 1 is 1.30 bits per heavy atom. The van der Waals surface area contributed by atoms with E-state index in [-0.39, 0.29) is 17.2 Å². The molecule has 0 radical (unpaired) electrons. The molecule has 1 amide bonds. The highest BCUT2D eigenvalue weighted by molar-refractivity contribution is 5.97. The Morgan fingerprint density at radius 3 is 2.78 bits per heavy atom. The van der Waals surface area contributed by atoms with Crippen molar-refractivity contribution in [3.8, 4) is 11.4 Å². The van der Waals surface area contributed by atoms with Crippen molar-refractivity contribution in [1.29, 1.82) is 0 Å². The first kappa shape index (κ1) is 17.2. The fraction of sp³-hybridized carbons (Fsp3) is 0.389. The van der Waals surface area contributed by atoms with Crippen LogP contribution in [0.5, 0.6) is 5.75 Å². The minimum atomic E-state index is -0.167. The lowest BCUT2D eigenvalue weighted by Gasteiger charge is -2.32. The number of tetrazole rings is 1. The third-order valence-corrected chi connectivity index (χ3v) is 5.10. The standard InChI is InChI=1S/C18H21N7O2/c1-13-19-6-9-24(13)11-14-4-7-23(8-5-14)18(27)16-10-15(2-3-17(16)26)25-12-20-21-22-25/h2-3,6,9-10,12,14,26H,4-5,7-8,11H2,1H3. The molecule has 0 bridgehead atoms. The van der Waals surface area contributed by atoms with Gasteiger partial charge >= 0.3 is 0 Å². The zero-order valence-electron chi connectivity index (χ0n) is 15.1. The second-order valence-corrected chi connectivity index (χ2v) is 6.82. The van der Waals surface area contributed by atoms with Gasteiger partial charge in [0.05, 0.1) is 11.3 Å². The number of imidazole rings is 1. The molecule has 0 unspecified atom stereocenters. The van der Waals surface area contributed by atoms with Gasteiger partial charge in [0.25, 0.3) is 5.91 Å². The SMILES string of the molecule is Cc1nccn1CC1CCN(C(=O)c2cc(-n3cnnn3)ccc2O)CC1. The molecule has 0 saturated carbocycles. The van der Waals surface area contributed by atoms with Crippen LogP contribution >= 0.6 is 0 Å². The molecule has 140 valence electrons. The number of aromatic hydroxyl groups is 1. The van der Waals surface area contributed by atoms with E-state index in [0.717, 1.165) is 25.2 Å². The molecule has 0 atom stereocenters. The minimum Gasteiger partial charge on any atom is -0.507 e. The summed E-state index contributed by atoms with van der Waals surface area (Å²) in [5.41, 5.74) is 0.901. The molecule has 4 rings (SSSR count). The number of phenolic OH excluding ortho intramolecular Hbond substituents is 1. The van der Waals surface area contributed by atoms with Gasteiger partial charge in [-0.15, -0.1) is 5.10 Å². The largest absolute Gasteiger partial charge is 0.507 e. The molecule has 1 N–H and O–H groups in total. The van der Waals surface area contributed by atoms with Gasteiger partial charge in [-0.2, -0.15) is 0 Å². The van der Waals surface area contributed by atoms with E-state index in [1.807, 2.05) is 19.3 Å². The molecule has 9 nitrogen and oxygen atoms in total. The second-order valence-electron chi connectivity index (χ2n) is 6.82. The maximum absolute atomic E-state index is 12.9. The summed E-state index contributed by atoms with van der Waals surface area (Å²) >= 11 is 0. The van der Waals surface area contributed by atoms with Gasteiger partial charge in [-0.05, 0) is 54.3 Å². The highest BCUT2D eigenvalue weighted by Crippen LogP contribution is 2.25. The zero-order valence-corrected chi connectivity index (χ0v) is 15.1. The molecule has 27 heavy (non-hydrogen) atoms. The number of hydrogen-bond donors (Lipinski definition) is 1. The summed E-state index contributed by atoms with van der Waals surface area (Å²) in [4.78, 5) is 19.0. The smallest absolute Gasteiger partial charge is 0.257 e. The van der Waals surface area contributed by atoms with Gasteiger partial charge in [0, 0.05) is 32.0 Å². The number of nitrogens with zero attached hydrogens (tertiary/aromatic N) is 7. The number of aryl methyl sites for hydroxylation is 1. The third kappa shape index (κ3) is 3.53. The van der Waals surface area contributed by atoms with Crippen molar-refractivity contribution in [3.63, 3.8) is 0 Å². The molecule has 1 fully saturated rings. The highest BCUT2D eigenvalue weighted by Gasteiger charge is 2.26. The van der Waals surface area contributed by atoms with Crippen LogP contribution in [0.4, 0.5) is 0 Å². The number of aromatic nitrogens is 6. The van der Waals surface area contributed by atoms with Crippen LogP contribution in [-0.2, 0) is 6.54 Å². The summed E-state index contributed by atoms with van der Waals surface area (Å²) in [7, 11) is 0. The average molecular weight is 367 g/mol. The Hall–Kier alpha value is -3.23. The maximum atomic E-state index is 12.9. The van der Waals surface area contributed by atoms with Crippen LogP contribution < -0.4 is 0 Å². The Labute approximate surface area is 156 Å². The Balaban J connectivity index is 1.43. The maximum Gasteiger partial charge on any atom is 0.257 e. The van der Waals surface area contributed by atoms with Gasteiger partial charge in [0.15, 0.2) is 0 Å². The Kier molecular flexibility index (Phi) is 4.57. The fourth-order valence-electron chi connectivity index (χ4n) is 3.48. The van der Waals surface area contributed by atoms with E-state index in [9.17, 15) is 9.90 Å². The van der Waals surface area contributed by atoms with Crippen LogP contribution in [0.2, 0.25) is 0 Å². The van der Waals surface area contributed by atoms with Crippen molar-refractivity contribution in [1.82, 2.24) is 34.7 Å². The van der Waals surface area contributed by atoms with Crippen molar-refractivity contribution < 1.29 is 9.90 Å². The second kappa shape index (κ2) is 7.18. The highest BCUT2D eigenvalue weighted by atomic mass is 16.3. The van der Waals surface area contributed by atoms with Gasteiger partial charge in [0.2, 0.25) is 0 Å². The van der Waals surface area contributed by atoms with Gasteiger partial charge in [-0.25, -0.2) is 9.67 Å². The van der Waals surface area contributed by atoms with Crippen molar-refractivity contribution in [2.75, 3.05) is 13.1 Å². The van der Waals surface area contributed by atoms with E-state index in [4.69, 9.17) is 0 Å². The number of benzene rings is 1. The molecule has 9 heteroatoms. The van der Waals surface area contributed by atoms with Crippen molar-refractivity contribution >= 4 is 5.91 Å². The van der Waals surface area contributed by atoms with Crippen LogP contribution in [0.3, 0.4) is 0 Å². The zero-order chi connectivity index (χ0) is 18.8.